The zero-order valence-electron chi connectivity index (χ0n) is 13.8. The van der Waals surface area contributed by atoms with Crippen LogP contribution in [0.2, 0.25) is 0 Å². The molecule has 1 aromatic heterocycles. The molecule has 1 amide bonds. The Morgan fingerprint density at radius 2 is 1.92 bits per heavy atom. The molecular formula is C16H23Cl2N5OS. The van der Waals surface area contributed by atoms with Crippen molar-refractivity contribution in [3.05, 3.63) is 41.7 Å². The zero-order chi connectivity index (χ0) is 16.1. The van der Waals surface area contributed by atoms with Gasteiger partial charge in [-0.3, -0.25) is 9.89 Å². The molecule has 6 nitrogen and oxygen atoms in total. The van der Waals surface area contributed by atoms with Crippen LogP contribution in [0, 0.1) is 5.92 Å². The number of halogens is 2. The van der Waals surface area contributed by atoms with E-state index < -0.39 is 0 Å². The normalized spacial score (nSPS) is 14.5. The molecule has 2 aromatic rings. The molecule has 1 aliphatic heterocycles. The van der Waals surface area contributed by atoms with Gasteiger partial charge in [0, 0.05) is 24.4 Å². The van der Waals surface area contributed by atoms with Gasteiger partial charge in [-0.1, -0.05) is 23.9 Å². The highest BCUT2D eigenvalue weighted by Gasteiger charge is 2.22. The first kappa shape index (κ1) is 21.8. The van der Waals surface area contributed by atoms with E-state index in [0.717, 1.165) is 54.5 Å². The third-order valence-electron chi connectivity index (χ3n) is 4.20. The van der Waals surface area contributed by atoms with Gasteiger partial charge in [0.1, 0.15) is 6.33 Å². The number of likely N-dealkylation sites (tertiary alicyclic amines) is 1. The molecule has 1 aromatic carbocycles. The van der Waals surface area contributed by atoms with Crippen LogP contribution < -0.4 is 5.73 Å². The van der Waals surface area contributed by atoms with E-state index in [0.29, 0.717) is 5.92 Å². The van der Waals surface area contributed by atoms with Crippen LogP contribution in [0.25, 0.3) is 0 Å². The Labute approximate surface area is 164 Å². The van der Waals surface area contributed by atoms with Gasteiger partial charge in [0.05, 0.1) is 0 Å². The number of aromatic amines is 1. The van der Waals surface area contributed by atoms with E-state index in [9.17, 15) is 4.79 Å². The van der Waals surface area contributed by atoms with E-state index in [1.165, 1.54) is 6.33 Å². The lowest BCUT2D eigenvalue weighted by molar-refractivity contribution is 0.0693. The molecule has 1 saturated heterocycles. The molecule has 3 N–H and O–H groups in total. The summed E-state index contributed by atoms with van der Waals surface area (Å²) in [5, 5.41) is 7.44. The van der Waals surface area contributed by atoms with Crippen LogP contribution in [0.5, 0.6) is 0 Å². The molecule has 9 heteroatoms. The van der Waals surface area contributed by atoms with E-state index in [-0.39, 0.29) is 30.7 Å². The molecule has 0 aliphatic carbocycles. The third-order valence-corrected chi connectivity index (χ3v) is 5.15. The summed E-state index contributed by atoms with van der Waals surface area (Å²) in [6, 6.07) is 7.83. The first-order valence-corrected chi connectivity index (χ1v) is 8.81. The molecule has 1 aliphatic rings. The van der Waals surface area contributed by atoms with Crippen molar-refractivity contribution in [1.82, 2.24) is 20.1 Å². The van der Waals surface area contributed by atoms with E-state index in [4.69, 9.17) is 5.73 Å². The molecule has 0 radical (unpaired) electrons. The highest BCUT2D eigenvalue weighted by molar-refractivity contribution is 7.98. The van der Waals surface area contributed by atoms with Gasteiger partial charge >= 0.3 is 0 Å². The Balaban J connectivity index is 0.00000156. The number of amides is 1. The number of aromatic nitrogens is 3. The molecule has 2 heterocycles. The summed E-state index contributed by atoms with van der Waals surface area (Å²) in [4.78, 5) is 18.5. The number of carbonyl (C=O) groups is 1. The molecule has 0 saturated carbocycles. The predicted octanol–water partition coefficient (Wildman–Crippen LogP) is 2.75. The van der Waals surface area contributed by atoms with Crippen LogP contribution >= 0.6 is 36.6 Å². The van der Waals surface area contributed by atoms with E-state index in [1.54, 1.807) is 11.8 Å². The van der Waals surface area contributed by atoms with Crippen molar-refractivity contribution < 1.29 is 4.79 Å². The van der Waals surface area contributed by atoms with E-state index >= 15 is 0 Å². The van der Waals surface area contributed by atoms with E-state index in [1.807, 2.05) is 29.2 Å². The fourth-order valence-electron chi connectivity index (χ4n) is 2.71. The maximum absolute atomic E-state index is 12.5. The Bertz CT molecular complexity index is 630. The van der Waals surface area contributed by atoms with E-state index in [2.05, 4.69) is 15.2 Å². The average molecular weight is 404 g/mol. The quantitative estimate of drug-likeness (QED) is 0.749. The second-order valence-corrected chi connectivity index (χ2v) is 6.71. The average Bonchev–Trinajstić information content (AvgIpc) is 3.13. The van der Waals surface area contributed by atoms with Crippen LogP contribution in [-0.4, -0.2) is 45.6 Å². The van der Waals surface area contributed by atoms with Crippen molar-refractivity contribution in [3.63, 3.8) is 0 Å². The van der Waals surface area contributed by atoms with Gasteiger partial charge < -0.3 is 10.6 Å². The van der Waals surface area contributed by atoms with Crippen molar-refractivity contribution >= 4 is 42.5 Å². The predicted molar refractivity (Wildman–Crippen MR) is 105 cm³/mol. The number of thioether (sulfide) groups is 1. The van der Waals surface area contributed by atoms with Crippen LogP contribution in [-0.2, 0) is 5.75 Å². The minimum absolute atomic E-state index is 0. The minimum Gasteiger partial charge on any atom is -0.339 e. The Morgan fingerprint density at radius 1 is 1.24 bits per heavy atom. The topological polar surface area (TPSA) is 87.9 Å². The third kappa shape index (κ3) is 5.88. The van der Waals surface area contributed by atoms with Crippen LogP contribution in [0.3, 0.4) is 0 Å². The Morgan fingerprint density at radius 3 is 2.48 bits per heavy atom. The first-order chi connectivity index (χ1) is 11.3. The van der Waals surface area contributed by atoms with Crippen LogP contribution in [0.4, 0.5) is 0 Å². The lowest BCUT2D eigenvalue weighted by atomic mass is 9.96. The maximum Gasteiger partial charge on any atom is 0.253 e. The minimum atomic E-state index is 0. The molecule has 0 bridgehead atoms. The van der Waals surface area contributed by atoms with Gasteiger partial charge in [0.2, 0.25) is 0 Å². The number of piperidine rings is 1. The SMILES string of the molecule is Cl.Cl.NCC1CCN(C(=O)c2ccc(CSc3ncn[nH]3)cc2)CC1. The smallest absolute Gasteiger partial charge is 0.253 e. The van der Waals surface area contributed by atoms with Gasteiger partial charge in [-0.05, 0) is 43.0 Å². The molecule has 0 unspecified atom stereocenters. The summed E-state index contributed by atoms with van der Waals surface area (Å²) in [7, 11) is 0. The molecule has 0 spiro atoms. The van der Waals surface area contributed by atoms with Crippen molar-refractivity contribution in [2.45, 2.75) is 23.8 Å². The lowest BCUT2D eigenvalue weighted by Crippen LogP contribution is -2.40. The summed E-state index contributed by atoms with van der Waals surface area (Å²) >= 11 is 1.59. The summed E-state index contributed by atoms with van der Waals surface area (Å²) in [6.07, 6.45) is 3.51. The lowest BCUT2D eigenvalue weighted by Gasteiger charge is -2.31. The summed E-state index contributed by atoms with van der Waals surface area (Å²) in [5.74, 6) is 1.48. The fourth-order valence-corrected chi connectivity index (χ4v) is 3.45. The van der Waals surface area contributed by atoms with Gasteiger partial charge in [-0.15, -0.1) is 24.8 Å². The Hall–Kier alpha value is -1.28. The second-order valence-electron chi connectivity index (χ2n) is 5.75. The summed E-state index contributed by atoms with van der Waals surface area (Å²) in [5.41, 5.74) is 7.61. The monoisotopic (exact) mass is 403 g/mol. The van der Waals surface area contributed by atoms with Crippen molar-refractivity contribution in [2.24, 2.45) is 11.7 Å². The standard InChI is InChI=1S/C16H21N5OS.2ClH/c17-9-12-5-7-21(8-6-12)15(22)14-3-1-13(2-4-14)10-23-16-18-11-19-20-16;;/h1-4,11-12H,5-10,17H2,(H,18,19,20);2*1H. The fraction of sp³-hybridized carbons (Fsp3) is 0.438. The first-order valence-electron chi connectivity index (χ1n) is 7.82. The van der Waals surface area contributed by atoms with Crippen LogP contribution in [0.15, 0.2) is 35.7 Å². The molecule has 1 fully saturated rings. The number of nitrogens with zero attached hydrogens (tertiary/aromatic N) is 3. The van der Waals surface area contributed by atoms with Crippen molar-refractivity contribution in [1.29, 1.82) is 0 Å². The van der Waals surface area contributed by atoms with Crippen LogP contribution in [0.1, 0.15) is 28.8 Å². The number of nitrogens with two attached hydrogens (primary N) is 1. The number of rotatable bonds is 5. The maximum atomic E-state index is 12.5. The number of hydrogen-bond donors (Lipinski definition) is 2. The molecule has 3 rings (SSSR count). The van der Waals surface area contributed by atoms with Gasteiger partial charge in [-0.25, -0.2) is 4.98 Å². The highest BCUT2D eigenvalue weighted by atomic mass is 35.5. The summed E-state index contributed by atoms with van der Waals surface area (Å²) in [6.45, 7) is 2.34. The molecule has 25 heavy (non-hydrogen) atoms. The second kappa shape index (κ2) is 10.7. The largest absolute Gasteiger partial charge is 0.339 e. The molecular weight excluding hydrogens is 381 g/mol. The van der Waals surface area contributed by atoms with Gasteiger partial charge in [0.15, 0.2) is 5.16 Å². The molecule has 138 valence electrons. The van der Waals surface area contributed by atoms with Gasteiger partial charge in [0.25, 0.3) is 5.91 Å². The highest BCUT2D eigenvalue weighted by Crippen LogP contribution is 2.21. The number of H-pyrrole nitrogens is 1. The summed E-state index contributed by atoms with van der Waals surface area (Å²) < 4.78 is 0. The van der Waals surface area contributed by atoms with Crippen molar-refractivity contribution in [2.75, 3.05) is 19.6 Å². The zero-order valence-corrected chi connectivity index (χ0v) is 16.2. The van der Waals surface area contributed by atoms with Crippen molar-refractivity contribution in [3.8, 4) is 0 Å². The van der Waals surface area contributed by atoms with Gasteiger partial charge in [-0.2, -0.15) is 5.10 Å². The number of hydrogen-bond acceptors (Lipinski definition) is 5. The molecule has 0 atom stereocenters. The number of carbonyl (C=O) groups excluding carboxylic acids is 1. The number of benzene rings is 1. The Kier molecular flexibility index (Phi) is 9.27. The number of nitrogens with one attached hydrogen (secondary N) is 1.